The minimum Gasteiger partial charge on any atom is -0.493 e. The lowest BCUT2D eigenvalue weighted by molar-refractivity contribution is -0.146. The van der Waals surface area contributed by atoms with Crippen LogP contribution in [0.5, 0.6) is 23.0 Å². The van der Waals surface area contributed by atoms with Crippen LogP contribution in [-0.4, -0.2) is 114 Å². The Morgan fingerprint density at radius 2 is 1.08 bits per heavy atom. The quantitative estimate of drug-likeness (QED) is 0.0215. The molecule has 17 heteroatoms. The molecule has 1 heterocycles. The molecule has 0 unspecified atom stereocenters. The number of amides is 2. The Morgan fingerprint density at radius 1 is 0.600 bits per heavy atom. The van der Waals surface area contributed by atoms with Gasteiger partial charge in [0.2, 0.25) is 0 Å². The van der Waals surface area contributed by atoms with Gasteiger partial charge in [0.15, 0.2) is 23.0 Å². The molecule has 0 spiro atoms. The van der Waals surface area contributed by atoms with E-state index in [1.54, 1.807) is 35.4 Å². The van der Waals surface area contributed by atoms with Crippen LogP contribution in [0.1, 0.15) is 150 Å². The fourth-order valence-corrected chi connectivity index (χ4v) is 11.0. The number of cyclic esters (lactones) is 1. The lowest BCUT2D eigenvalue weighted by Gasteiger charge is -2.32. The van der Waals surface area contributed by atoms with E-state index in [4.69, 9.17) is 42.6 Å². The third-order valence-electron chi connectivity index (χ3n) is 17.4. The highest BCUT2D eigenvalue weighted by atomic mass is 16.6. The first kappa shape index (κ1) is 75.8. The van der Waals surface area contributed by atoms with Gasteiger partial charge in [0, 0.05) is 58.0 Å². The number of carbonyl (C=O) groups excluding carboxylic acids is 5. The summed E-state index contributed by atoms with van der Waals surface area (Å²) in [6.07, 6.45) is 2.99. The monoisotopic (exact) mass is 1250 g/mol. The van der Waals surface area contributed by atoms with Crippen molar-refractivity contribution >= 4 is 29.7 Å². The van der Waals surface area contributed by atoms with Gasteiger partial charge in [0.1, 0.15) is 30.9 Å². The summed E-state index contributed by atoms with van der Waals surface area (Å²) in [5, 5.41) is 17.8. The molecule has 0 aromatic heterocycles. The summed E-state index contributed by atoms with van der Waals surface area (Å²) >= 11 is 0. The Kier molecular flexibility index (Phi) is 33.3. The average molecular weight is 1250 g/mol. The second kappa shape index (κ2) is 39.5. The van der Waals surface area contributed by atoms with Crippen molar-refractivity contribution in [1.29, 1.82) is 0 Å². The molecule has 0 bridgehead atoms. The Balaban J connectivity index is 0.000000390. The number of alkyl carbamates (subject to hydrolysis) is 2. The molecule has 8 atom stereocenters. The lowest BCUT2D eigenvalue weighted by atomic mass is 9.77. The Hall–Kier alpha value is -6.69. The fourth-order valence-electron chi connectivity index (χ4n) is 11.0. The number of Topliss-reactive ketones (excluding diaryl/α,β-unsaturated/α-hetero) is 2. The molecule has 90 heavy (non-hydrogen) atoms. The average Bonchev–Trinajstić information content (AvgIpc) is 1.67. The van der Waals surface area contributed by atoms with Crippen molar-refractivity contribution in [2.45, 2.75) is 178 Å². The number of ketones is 2. The third kappa shape index (κ3) is 26.3. The first-order chi connectivity index (χ1) is 42.9. The van der Waals surface area contributed by atoms with E-state index in [1.165, 1.54) is 0 Å². The summed E-state index contributed by atoms with van der Waals surface area (Å²) in [5.74, 6) is 2.86. The van der Waals surface area contributed by atoms with E-state index in [2.05, 4.69) is 44.4 Å². The van der Waals surface area contributed by atoms with Crippen molar-refractivity contribution in [3.63, 3.8) is 0 Å². The molecular weight excluding hydrogens is 1140 g/mol. The molecular formula is C73H108N2O15. The first-order valence-electron chi connectivity index (χ1n) is 32.3. The van der Waals surface area contributed by atoms with Crippen LogP contribution in [0.3, 0.4) is 0 Å². The van der Waals surface area contributed by atoms with Crippen LogP contribution in [0, 0.1) is 52.8 Å². The molecule has 1 fully saturated rings. The second-order valence-corrected chi connectivity index (χ2v) is 26.0. The lowest BCUT2D eigenvalue weighted by Crippen LogP contribution is -2.47. The molecule has 3 N–H and O–H groups in total. The number of esters is 1. The second-order valence-electron chi connectivity index (χ2n) is 26.0. The highest BCUT2D eigenvalue weighted by Crippen LogP contribution is 2.37. The van der Waals surface area contributed by atoms with Crippen molar-refractivity contribution in [1.82, 2.24) is 10.6 Å². The molecule has 1 aliphatic heterocycles. The van der Waals surface area contributed by atoms with Gasteiger partial charge in [-0.05, 0) is 134 Å². The van der Waals surface area contributed by atoms with Gasteiger partial charge in [-0.15, -0.1) is 0 Å². The van der Waals surface area contributed by atoms with E-state index in [1.807, 2.05) is 133 Å². The summed E-state index contributed by atoms with van der Waals surface area (Å²) in [7, 11) is 6.58. The Labute approximate surface area is 537 Å². The molecule has 0 aliphatic carbocycles. The zero-order valence-corrected chi connectivity index (χ0v) is 56.6. The molecule has 500 valence electrons. The zero-order valence-electron chi connectivity index (χ0n) is 56.6. The van der Waals surface area contributed by atoms with Crippen LogP contribution in [-0.2, 0) is 64.1 Å². The van der Waals surface area contributed by atoms with Gasteiger partial charge >= 0.3 is 18.2 Å². The predicted molar refractivity (Wildman–Crippen MR) is 351 cm³/mol. The number of rotatable bonds is 39. The van der Waals surface area contributed by atoms with Crippen molar-refractivity contribution in [3.05, 3.63) is 119 Å². The van der Waals surface area contributed by atoms with Crippen molar-refractivity contribution in [3.8, 4) is 23.0 Å². The molecule has 2 amide bonds. The molecule has 5 rings (SSSR count). The van der Waals surface area contributed by atoms with Gasteiger partial charge in [0.25, 0.3) is 0 Å². The maximum absolute atomic E-state index is 13.5. The summed E-state index contributed by atoms with van der Waals surface area (Å²) in [4.78, 5) is 64.3. The summed E-state index contributed by atoms with van der Waals surface area (Å²) in [6.45, 7) is 24.4. The van der Waals surface area contributed by atoms with Crippen LogP contribution in [0.2, 0.25) is 0 Å². The van der Waals surface area contributed by atoms with Gasteiger partial charge in [0.05, 0.1) is 51.5 Å². The SMILES string of the molecule is COCCCOc1cc(C[C@@H](C[C@H](NC(=O)OCc2ccccc2)[C@@H](O)C[C@H](C(=O)CCC(C)(C)C(C)=O)C(C)C)C(C)C)ccc1OC.COCCCOc1cc(C[C@@H](C[C@H](NC(=O)OCc2ccccc2)[C@@H]2C[C@@H](C(C)C)C(=O)O2)C(C)C)ccc1OC. The van der Waals surface area contributed by atoms with Crippen LogP contribution in [0.25, 0.3) is 0 Å². The van der Waals surface area contributed by atoms with Gasteiger partial charge in [-0.3, -0.25) is 14.4 Å². The van der Waals surface area contributed by atoms with E-state index < -0.39 is 41.8 Å². The molecule has 0 radical (unpaired) electrons. The van der Waals surface area contributed by atoms with Gasteiger partial charge in [-0.25, -0.2) is 9.59 Å². The summed E-state index contributed by atoms with van der Waals surface area (Å²) in [5.41, 5.74) is 3.33. The maximum atomic E-state index is 13.5. The standard InChI is InChI=1S/C40H61NO8.C33H47NO7/c1-27(2)32(22-31-16-17-37(47-9)38(23-31)48-21-13-20-46-8)24-34(41-39(45)49-26-30-14-11-10-12-15-30)36(44)25-33(28(3)4)35(43)18-19-40(6,7)29(5)42;1-22(2)26(17-25-13-14-29(38-6)31(18-25)39-16-10-15-37-5)19-28(30-20-27(23(3)4)32(35)41-30)34-33(36)40-21-24-11-8-7-9-12-24/h10-12,14-17,23,27-28,32-34,36,44H,13,18-22,24-26H2,1-9H3,(H,41,45);7-9,11-14,18,22-23,26-28,30H,10,15-17,19-21H2,1-6H3,(H,34,36)/t32-,33-,34-,36-;26-,27-,28-,30-/m00/s1. The summed E-state index contributed by atoms with van der Waals surface area (Å²) in [6, 6.07) is 29.9. The first-order valence-corrected chi connectivity index (χ1v) is 32.3. The smallest absolute Gasteiger partial charge is 0.407 e. The number of carbonyl (C=O) groups is 5. The number of ether oxygens (including phenoxy) is 9. The van der Waals surface area contributed by atoms with Crippen molar-refractivity contribution in [2.75, 3.05) is 54.9 Å². The number of aliphatic hydroxyl groups excluding tert-OH is 1. The molecule has 1 aliphatic rings. The number of aliphatic hydroxyl groups is 1. The molecule has 1 saturated heterocycles. The van der Waals surface area contributed by atoms with Gasteiger partial charge in [-0.2, -0.15) is 0 Å². The van der Waals surface area contributed by atoms with Crippen molar-refractivity contribution in [2.24, 2.45) is 52.8 Å². The van der Waals surface area contributed by atoms with Crippen molar-refractivity contribution < 1.29 is 71.7 Å². The van der Waals surface area contributed by atoms with Gasteiger partial charge in [-0.1, -0.05) is 142 Å². The normalized spacial score (nSPS) is 16.0. The van der Waals surface area contributed by atoms with E-state index in [0.29, 0.717) is 87.4 Å². The summed E-state index contributed by atoms with van der Waals surface area (Å²) < 4.78 is 50.3. The number of nitrogens with one attached hydrogen (secondary N) is 2. The van der Waals surface area contributed by atoms with Crippen LogP contribution in [0.4, 0.5) is 9.59 Å². The zero-order chi connectivity index (χ0) is 66.3. The topological polar surface area (TPSA) is 213 Å². The number of hydrogen-bond acceptors (Lipinski definition) is 15. The maximum Gasteiger partial charge on any atom is 0.407 e. The Morgan fingerprint density at radius 3 is 1.50 bits per heavy atom. The highest BCUT2D eigenvalue weighted by molar-refractivity contribution is 5.84. The van der Waals surface area contributed by atoms with Crippen LogP contribution < -0.4 is 29.6 Å². The highest BCUT2D eigenvalue weighted by Gasteiger charge is 2.42. The largest absolute Gasteiger partial charge is 0.493 e. The molecule has 4 aromatic carbocycles. The number of hydrogen-bond donors (Lipinski definition) is 3. The Bertz CT molecular complexity index is 2750. The van der Waals surface area contributed by atoms with Gasteiger partial charge < -0.3 is 58.4 Å². The number of benzene rings is 4. The van der Waals surface area contributed by atoms with E-state index in [0.717, 1.165) is 41.5 Å². The van der Waals surface area contributed by atoms with E-state index in [-0.39, 0.29) is 85.1 Å². The molecule has 17 nitrogen and oxygen atoms in total. The van der Waals surface area contributed by atoms with Crippen LogP contribution in [0.15, 0.2) is 97.1 Å². The number of methoxy groups -OCH3 is 4. The molecule has 0 saturated carbocycles. The van der Waals surface area contributed by atoms with Crippen LogP contribution >= 0.6 is 0 Å². The fraction of sp³-hybridized carbons (Fsp3) is 0.603. The van der Waals surface area contributed by atoms with E-state index in [9.17, 15) is 29.1 Å². The minimum absolute atomic E-state index is 0.0189. The van der Waals surface area contributed by atoms with E-state index >= 15 is 0 Å². The third-order valence-corrected chi connectivity index (χ3v) is 17.4. The predicted octanol–water partition coefficient (Wildman–Crippen LogP) is 13.8. The molecule has 4 aromatic rings. The minimum atomic E-state index is -1.00.